The zero-order valence-electron chi connectivity index (χ0n) is 14.7. The number of carbonyl (C=O) groups is 1. The number of amides is 1. The molecule has 1 aliphatic heterocycles. The van der Waals surface area contributed by atoms with E-state index in [1.807, 2.05) is 13.8 Å². The lowest BCUT2D eigenvalue weighted by molar-refractivity contribution is -0.0811. The lowest BCUT2D eigenvalue weighted by Crippen LogP contribution is -2.46. The number of hydrogen-bond donors (Lipinski definition) is 0. The first-order valence-electron chi connectivity index (χ1n) is 8.75. The van der Waals surface area contributed by atoms with Crippen LogP contribution in [0.5, 0.6) is 0 Å². The van der Waals surface area contributed by atoms with Crippen LogP contribution in [0.2, 0.25) is 0 Å². The van der Waals surface area contributed by atoms with E-state index in [4.69, 9.17) is 9.26 Å². The van der Waals surface area contributed by atoms with Crippen molar-refractivity contribution in [2.45, 2.75) is 58.3 Å². The second kappa shape index (κ2) is 6.21. The van der Waals surface area contributed by atoms with Crippen LogP contribution in [0.1, 0.15) is 66.6 Å². The molecule has 4 rings (SSSR count). The van der Waals surface area contributed by atoms with Crippen LogP contribution < -0.4 is 0 Å². The Kier molecular flexibility index (Phi) is 4.03. The highest BCUT2D eigenvalue weighted by molar-refractivity contribution is 5.93. The molecule has 1 saturated carbocycles. The normalized spacial score (nSPS) is 23.9. The van der Waals surface area contributed by atoms with Gasteiger partial charge in [-0.1, -0.05) is 5.16 Å². The highest BCUT2D eigenvalue weighted by Gasteiger charge is 2.36. The lowest BCUT2D eigenvalue weighted by Gasteiger charge is -2.34. The molecule has 0 bridgehead atoms. The molecular formula is C16H22N6O3. The van der Waals surface area contributed by atoms with Gasteiger partial charge in [-0.2, -0.15) is 14.9 Å². The zero-order chi connectivity index (χ0) is 17.6. The molecule has 2 aromatic rings. The van der Waals surface area contributed by atoms with Crippen LogP contribution in [0.4, 0.5) is 0 Å². The van der Waals surface area contributed by atoms with Gasteiger partial charge in [0.25, 0.3) is 11.8 Å². The highest BCUT2D eigenvalue weighted by atomic mass is 16.5. The Bertz CT molecular complexity index is 781. The minimum atomic E-state index is -0.408. The third-order valence-electron chi connectivity index (χ3n) is 4.53. The van der Waals surface area contributed by atoms with Crippen molar-refractivity contribution in [3.63, 3.8) is 0 Å². The van der Waals surface area contributed by atoms with Crippen molar-refractivity contribution in [1.29, 1.82) is 0 Å². The lowest BCUT2D eigenvalue weighted by atomic mass is 10.2. The Morgan fingerprint density at radius 3 is 2.76 bits per heavy atom. The summed E-state index contributed by atoms with van der Waals surface area (Å²) in [5.41, 5.74) is 1.02. The Labute approximate surface area is 145 Å². The molecule has 9 nitrogen and oxygen atoms in total. The van der Waals surface area contributed by atoms with Crippen LogP contribution in [-0.4, -0.2) is 55.1 Å². The number of rotatable bonds is 4. The fourth-order valence-corrected chi connectivity index (χ4v) is 3.06. The highest BCUT2D eigenvalue weighted by Crippen LogP contribution is 2.39. The van der Waals surface area contributed by atoms with Crippen molar-refractivity contribution in [3.05, 3.63) is 23.1 Å². The average Bonchev–Trinajstić information content (AvgIpc) is 3.20. The second-order valence-electron chi connectivity index (χ2n) is 6.73. The molecular weight excluding hydrogens is 324 g/mol. The van der Waals surface area contributed by atoms with Crippen molar-refractivity contribution in [1.82, 2.24) is 30.0 Å². The number of morpholine rings is 1. The molecule has 2 fully saturated rings. The van der Waals surface area contributed by atoms with Crippen molar-refractivity contribution >= 4 is 5.91 Å². The van der Waals surface area contributed by atoms with Crippen molar-refractivity contribution in [3.8, 4) is 0 Å². The van der Waals surface area contributed by atoms with Crippen LogP contribution in [0.25, 0.3) is 0 Å². The summed E-state index contributed by atoms with van der Waals surface area (Å²) in [5.74, 6) is 1.47. The van der Waals surface area contributed by atoms with E-state index in [9.17, 15) is 4.79 Å². The molecule has 2 atom stereocenters. The standard InChI is InChI=1S/C16H22N6O3/c1-4-22-18-10(3)13(19-22)16(23)21-7-9(2)24-12(8-21)15-17-14(20-25-15)11-5-6-11/h9,11-12H,4-8H2,1-3H3/t9-,12-/m1/s1. The number of nitrogens with zero attached hydrogens (tertiary/aromatic N) is 6. The van der Waals surface area contributed by atoms with E-state index in [-0.39, 0.29) is 12.0 Å². The van der Waals surface area contributed by atoms with Crippen molar-refractivity contribution < 1.29 is 14.1 Å². The molecule has 0 aromatic carbocycles. The van der Waals surface area contributed by atoms with E-state index < -0.39 is 6.10 Å². The monoisotopic (exact) mass is 346 g/mol. The summed E-state index contributed by atoms with van der Waals surface area (Å²) in [4.78, 5) is 20.6. The maximum atomic E-state index is 12.9. The molecule has 1 aliphatic carbocycles. The minimum absolute atomic E-state index is 0.125. The fourth-order valence-electron chi connectivity index (χ4n) is 3.06. The molecule has 3 heterocycles. The molecule has 134 valence electrons. The Morgan fingerprint density at radius 1 is 1.28 bits per heavy atom. The molecule has 0 N–H and O–H groups in total. The van der Waals surface area contributed by atoms with E-state index in [1.54, 1.807) is 11.8 Å². The molecule has 25 heavy (non-hydrogen) atoms. The van der Waals surface area contributed by atoms with Crippen molar-refractivity contribution in [2.75, 3.05) is 13.1 Å². The SMILES string of the molecule is CCn1nc(C)c(C(=O)N2C[C@@H](C)O[C@@H](c3nc(C4CC4)no3)C2)n1. The van der Waals surface area contributed by atoms with Gasteiger partial charge in [0, 0.05) is 12.5 Å². The molecule has 1 amide bonds. The third-order valence-corrected chi connectivity index (χ3v) is 4.53. The predicted octanol–water partition coefficient (Wildman–Crippen LogP) is 1.47. The first-order valence-corrected chi connectivity index (χ1v) is 8.75. The Morgan fingerprint density at radius 2 is 2.08 bits per heavy atom. The van der Waals surface area contributed by atoms with Gasteiger partial charge in [-0.3, -0.25) is 4.79 Å². The van der Waals surface area contributed by atoms with E-state index in [2.05, 4.69) is 20.3 Å². The third kappa shape index (κ3) is 3.15. The summed E-state index contributed by atoms with van der Waals surface area (Å²) >= 11 is 0. The predicted molar refractivity (Wildman–Crippen MR) is 85.9 cm³/mol. The molecule has 0 unspecified atom stereocenters. The van der Waals surface area contributed by atoms with Gasteiger partial charge in [-0.15, -0.1) is 5.10 Å². The van der Waals surface area contributed by atoms with Crippen molar-refractivity contribution in [2.24, 2.45) is 0 Å². The van der Waals surface area contributed by atoms with Gasteiger partial charge in [0.1, 0.15) is 0 Å². The Balaban J connectivity index is 1.52. The molecule has 0 spiro atoms. The van der Waals surface area contributed by atoms with Gasteiger partial charge in [0.05, 0.1) is 24.9 Å². The maximum absolute atomic E-state index is 12.9. The summed E-state index contributed by atoms with van der Waals surface area (Å²) in [7, 11) is 0. The number of aryl methyl sites for hydroxylation is 2. The van der Waals surface area contributed by atoms with Gasteiger partial charge in [-0.05, 0) is 33.6 Å². The Hall–Kier alpha value is -2.29. The van der Waals surface area contributed by atoms with Crippen LogP contribution in [-0.2, 0) is 11.3 Å². The van der Waals surface area contributed by atoms with Crippen LogP contribution in [0, 0.1) is 6.92 Å². The van der Waals surface area contributed by atoms with Gasteiger partial charge >= 0.3 is 0 Å². The summed E-state index contributed by atoms with van der Waals surface area (Å²) in [6, 6.07) is 0. The molecule has 2 aliphatic rings. The smallest absolute Gasteiger partial charge is 0.276 e. The topological polar surface area (TPSA) is 99.2 Å². The second-order valence-corrected chi connectivity index (χ2v) is 6.73. The van der Waals surface area contributed by atoms with Gasteiger partial charge < -0.3 is 14.2 Å². The van der Waals surface area contributed by atoms with E-state index in [1.165, 1.54) is 4.80 Å². The quantitative estimate of drug-likeness (QED) is 0.826. The number of ether oxygens (including phenoxy) is 1. The fraction of sp³-hybridized carbons (Fsp3) is 0.688. The van der Waals surface area contributed by atoms with Crippen LogP contribution in [0.15, 0.2) is 4.52 Å². The van der Waals surface area contributed by atoms with E-state index >= 15 is 0 Å². The number of carbonyl (C=O) groups excluding carboxylic acids is 1. The molecule has 9 heteroatoms. The average molecular weight is 346 g/mol. The molecule has 1 saturated heterocycles. The summed E-state index contributed by atoms with van der Waals surface area (Å²) in [6.45, 7) is 7.16. The van der Waals surface area contributed by atoms with Crippen LogP contribution >= 0.6 is 0 Å². The first kappa shape index (κ1) is 16.2. The number of hydrogen-bond acceptors (Lipinski definition) is 7. The first-order chi connectivity index (χ1) is 12.0. The summed E-state index contributed by atoms with van der Waals surface area (Å²) in [6.07, 6.45) is 1.69. The van der Waals surface area contributed by atoms with Crippen LogP contribution in [0.3, 0.4) is 0 Å². The van der Waals surface area contributed by atoms with Gasteiger partial charge in [0.15, 0.2) is 17.6 Å². The molecule has 0 radical (unpaired) electrons. The van der Waals surface area contributed by atoms with E-state index in [0.29, 0.717) is 42.8 Å². The van der Waals surface area contributed by atoms with Gasteiger partial charge in [-0.25, -0.2) is 0 Å². The minimum Gasteiger partial charge on any atom is -0.362 e. The summed E-state index contributed by atoms with van der Waals surface area (Å²) < 4.78 is 11.3. The number of aromatic nitrogens is 5. The maximum Gasteiger partial charge on any atom is 0.276 e. The summed E-state index contributed by atoms with van der Waals surface area (Å²) in [5, 5.41) is 12.6. The molecule has 2 aromatic heterocycles. The largest absolute Gasteiger partial charge is 0.362 e. The van der Waals surface area contributed by atoms with E-state index in [0.717, 1.165) is 18.7 Å². The van der Waals surface area contributed by atoms with Gasteiger partial charge in [0.2, 0.25) is 0 Å². The zero-order valence-corrected chi connectivity index (χ0v) is 14.7.